The molecule has 0 unspecified atom stereocenters. The van der Waals surface area contributed by atoms with E-state index in [0.29, 0.717) is 35.9 Å². The number of carbonyl (C=O) groups excluding carboxylic acids is 2. The third-order valence-electron chi connectivity index (χ3n) is 7.96. The van der Waals surface area contributed by atoms with E-state index >= 15 is 0 Å². The minimum atomic E-state index is -1.04. The molecule has 0 saturated carbocycles. The van der Waals surface area contributed by atoms with Crippen LogP contribution in [0.1, 0.15) is 84.0 Å². The highest BCUT2D eigenvalue weighted by molar-refractivity contribution is 5.84. The summed E-state index contributed by atoms with van der Waals surface area (Å²) in [6.07, 6.45) is 3.06. The molecule has 2 aliphatic heterocycles. The Morgan fingerprint density at radius 2 is 1.81 bits per heavy atom. The molecule has 0 spiro atoms. The molecular weight excluding hydrogens is 558 g/mol. The molecule has 3 aromatic rings. The van der Waals surface area contributed by atoms with Crippen LogP contribution in [-0.2, 0) is 23.8 Å². The van der Waals surface area contributed by atoms with E-state index < -0.39 is 24.5 Å². The third-order valence-corrected chi connectivity index (χ3v) is 7.96. The van der Waals surface area contributed by atoms with Gasteiger partial charge in [-0.05, 0) is 57.8 Å². The van der Waals surface area contributed by atoms with Gasteiger partial charge in [0.1, 0.15) is 0 Å². The zero-order valence-corrected chi connectivity index (χ0v) is 25.1. The van der Waals surface area contributed by atoms with E-state index in [1.165, 1.54) is 24.1 Å². The van der Waals surface area contributed by atoms with Gasteiger partial charge in [-0.1, -0.05) is 20.3 Å². The highest BCUT2D eigenvalue weighted by Gasteiger charge is 2.52. The Kier molecular flexibility index (Phi) is 9.97. The fourth-order valence-electron chi connectivity index (χ4n) is 5.54. The highest BCUT2D eigenvalue weighted by atomic mass is 16.6. The zero-order chi connectivity index (χ0) is 30.3. The van der Waals surface area contributed by atoms with Gasteiger partial charge in [0.25, 0.3) is 12.9 Å². The predicted octanol–water partition coefficient (Wildman–Crippen LogP) is 2.25. The lowest BCUT2D eigenvalue weighted by Gasteiger charge is -2.26. The fourth-order valence-corrected chi connectivity index (χ4v) is 5.54. The van der Waals surface area contributed by atoms with Crippen molar-refractivity contribution in [3.8, 4) is 0 Å². The summed E-state index contributed by atoms with van der Waals surface area (Å²) in [6.45, 7) is 12.4. The maximum Gasteiger partial charge on any atom is 0.293 e. The Labute approximate surface area is 249 Å². The first-order valence-corrected chi connectivity index (χ1v) is 15.1. The Balaban J connectivity index is 1.50. The summed E-state index contributed by atoms with van der Waals surface area (Å²) in [5.74, 6) is 1.21. The second-order valence-electron chi connectivity index (χ2n) is 11.1. The fraction of sp³-hybridized carbons (Fsp3) is 0.704. The van der Waals surface area contributed by atoms with Crippen LogP contribution in [0.25, 0.3) is 11.2 Å². The quantitative estimate of drug-likeness (QED) is 0.243. The van der Waals surface area contributed by atoms with E-state index in [1.807, 2.05) is 13.8 Å². The lowest BCUT2D eigenvalue weighted by atomic mass is 10.1. The highest BCUT2D eigenvalue weighted by Crippen LogP contribution is 2.42. The number of nitrogens with zero attached hydrogens (tertiary/aromatic N) is 9. The summed E-state index contributed by atoms with van der Waals surface area (Å²) in [5.41, 5.74) is 0.986. The monoisotopic (exact) mass is 599 g/mol. The first kappa shape index (κ1) is 30.5. The Morgan fingerprint density at radius 3 is 2.49 bits per heavy atom. The second kappa shape index (κ2) is 14.0. The van der Waals surface area contributed by atoms with Crippen LogP contribution in [0, 0.1) is 0 Å². The normalized spacial score (nSPS) is 22.7. The summed E-state index contributed by atoms with van der Waals surface area (Å²) < 4.78 is 18.8. The van der Waals surface area contributed by atoms with Crippen molar-refractivity contribution in [2.75, 3.05) is 36.8 Å². The summed E-state index contributed by atoms with van der Waals surface area (Å²) in [7, 11) is 0. The number of imidazole rings is 1. The summed E-state index contributed by atoms with van der Waals surface area (Å²) in [5, 5.41) is 19.5. The molecule has 0 aliphatic carbocycles. The number of ether oxygens (including phenoxy) is 3. The average Bonchev–Trinajstić information content (AvgIpc) is 3.75. The lowest BCUT2D eigenvalue weighted by molar-refractivity contribution is -0.151. The van der Waals surface area contributed by atoms with Crippen molar-refractivity contribution in [3.05, 3.63) is 12.2 Å². The SMILES string of the molecule is CCC(CC)Nc1nc(NCCN2CCCCC2)nc2c1ncn2[C@@H]1O[C@H](c2nnn(C(C)C)n2)[C@@H](OC=O)[C@H]1OC=O. The number of hydrogen-bond acceptors (Lipinski definition) is 14. The molecule has 5 heterocycles. The van der Waals surface area contributed by atoms with Crippen LogP contribution in [0.15, 0.2) is 6.33 Å². The zero-order valence-electron chi connectivity index (χ0n) is 25.1. The number of fused-ring (bicyclic) bond motifs is 1. The van der Waals surface area contributed by atoms with Crippen molar-refractivity contribution in [3.63, 3.8) is 0 Å². The minimum Gasteiger partial charge on any atom is -0.457 e. The predicted molar refractivity (Wildman–Crippen MR) is 155 cm³/mol. The summed E-state index contributed by atoms with van der Waals surface area (Å²) >= 11 is 0. The molecule has 3 aromatic heterocycles. The van der Waals surface area contributed by atoms with E-state index in [-0.39, 0.29) is 24.4 Å². The van der Waals surface area contributed by atoms with Crippen molar-refractivity contribution in [1.29, 1.82) is 0 Å². The largest absolute Gasteiger partial charge is 0.457 e. The summed E-state index contributed by atoms with van der Waals surface area (Å²) in [6, 6.07) is 0.129. The van der Waals surface area contributed by atoms with Gasteiger partial charge < -0.3 is 29.7 Å². The molecule has 5 rings (SSSR count). The number of carbonyl (C=O) groups is 2. The number of hydrogen-bond donors (Lipinski definition) is 2. The van der Waals surface area contributed by atoms with E-state index in [2.05, 4.69) is 49.8 Å². The molecule has 2 N–H and O–H groups in total. The third kappa shape index (κ3) is 6.69. The van der Waals surface area contributed by atoms with E-state index in [4.69, 9.17) is 24.2 Å². The maximum atomic E-state index is 11.6. The van der Waals surface area contributed by atoms with Gasteiger partial charge in [0.2, 0.25) is 11.8 Å². The first-order chi connectivity index (χ1) is 21.0. The van der Waals surface area contributed by atoms with Crippen LogP contribution in [0.4, 0.5) is 11.8 Å². The molecule has 43 heavy (non-hydrogen) atoms. The van der Waals surface area contributed by atoms with Crippen LogP contribution >= 0.6 is 0 Å². The molecule has 2 aliphatic rings. The van der Waals surface area contributed by atoms with Gasteiger partial charge in [0.15, 0.2) is 41.5 Å². The number of nitrogens with one attached hydrogen (secondary N) is 2. The number of aromatic nitrogens is 8. The van der Waals surface area contributed by atoms with Crippen LogP contribution in [0.5, 0.6) is 0 Å². The maximum absolute atomic E-state index is 11.6. The molecule has 0 radical (unpaired) electrons. The molecule has 0 amide bonds. The van der Waals surface area contributed by atoms with Gasteiger partial charge in [0.05, 0.1) is 12.4 Å². The molecule has 2 fully saturated rings. The van der Waals surface area contributed by atoms with Gasteiger partial charge in [-0.3, -0.25) is 14.2 Å². The number of likely N-dealkylation sites (tertiary alicyclic amines) is 1. The number of rotatable bonds is 15. The Hall–Kier alpha value is -3.92. The van der Waals surface area contributed by atoms with Crippen molar-refractivity contribution in [2.45, 2.75) is 96.4 Å². The molecule has 4 atom stereocenters. The first-order valence-electron chi connectivity index (χ1n) is 15.1. The van der Waals surface area contributed by atoms with Gasteiger partial charge in [0, 0.05) is 19.1 Å². The Morgan fingerprint density at radius 1 is 1.07 bits per heavy atom. The molecule has 2 saturated heterocycles. The van der Waals surface area contributed by atoms with E-state index in [0.717, 1.165) is 32.5 Å². The number of anilines is 2. The van der Waals surface area contributed by atoms with Gasteiger partial charge in [-0.15, -0.1) is 10.2 Å². The molecule has 0 bridgehead atoms. The molecule has 0 aromatic carbocycles. The van der Waals surface area contributed by atoms with Crippen LogP contribution < -0.4 is 10.6 Å². The van der Waals surface area contributed by atoms with Gasteiger partial charge in [-0.2, -0.15) is 14.8 Å². The smallest absolute Gasteiger partial charge is 0.293 e. The van der Waals surface area contributed by atoms with Gasteiger partial charge >= 0.3 is 0 Å². The number of piperidine rings is 1. The molecule has 234 valence electrons. The van der Waals surface area contributed by atoms with E-state index in [1.54, 1.807) is 10.9 Å². The van der Waals surface area contributed by atoms with Crippen LogP contribution in [-0.4, -0.2) is 102 Å². The van der Waals surface area contributed by atoms with Gasteiger partial charge in [-0.25, -0.2) is 4.98 Å². The van der Waals surface area contributed by atoms with Crippen molar-refractivity contribution in [1.82, 2.24) is 44.6 Å². The molecule has 16 nitrogen and oxygen atoms in total. The molecular formula is C27H41N11O5. The summed E-state index contributed by atoms with van der Waals surface area (Å²) in [4.78, 5) is 41.2. The lowest BCUT2D eigenvalue weighted by Crippen LogP contribution is -2.34. The number of tetrazole rings is 1. The minimum absolute atomic E-state index is 0.0537. The van der Waals surface area contributed by atoms with Crippen molar-refractivity contribution >= 4 is 35.9 Å². The topological polar surface area (TPSA) is 176 Å². The average molecular weight is 600 g/mol. The molecule has 16 heteroatoms. The van der Waals surface area contributed by atoms with Crippen molar-refractivity contribution in [2.24, 2.45) is 0 Å². The standard InChI is InChI=1S/C27H41N11O5/c1-5-18(6-2)30-23-19-25(32-27(31-23)28-10-13-36-11-8-7-9-12-36)37(14-29-19)26-22(42-16-40)20(41-15-39)21(43-26)24-33-35-38(34-24)17(3)4/h14-18,20-22,26H,5-13H2,1-4H3,(H2,28,30,31,32)/t20-,21+,22-,26-/m1/s1. The van der Waals surface area contributed by atoms with Crippen LogP contribution in [0.2, 0.25) is 0 Å². The van der Waals surface area contributed by atoms with Crippen LogP contribution in [0.3, 0.4) is 0 Å². The van der Waals surface area contributed by atoms with E-state index in [9.17, 15) is 9.59 Å². The second-order valence-corrected chi connectivity index (χ2v) is 11.1. The Bertz CT molecular complexity index is 1350. The van der Waals surface area contributed by atoms with Crippen molar-refractivity contribution < 1.29 is 23.8 Å².